The van der Waals surface area contributed by atoms with Crippen molar-refractivity contribution in [2.45, 2.75) is 76.0 Å². The number of β-amino-alcohol motifs (C(OH)–C–C–N with tert-alkyl or cyclic N) is 1. The minimum Gasteiger partial charge on any atom is -0.444 e. The number of hydrogen-bond acceptors (Lipinski definition) is 4. The van der Waals surface area contributed by atoms with Gasteiger partial charge in [0.15, 0.2) is 0 Å². The number of hydrogen-bond donors (Lipinski definition) is 2. The Bertz CT molecular complexity index is 372. The first-order chi connectivity index (χ1) is 9.15. The molecule has 1 saturated heterocycles. The zero-order valence-electron chi connectivity index (χ0n) is 12.9. The molecule has 1 unspecified atom stereocenters. The van der Waals surface area contributed by atoms with Gasteiger partial charge in [-0.3, -0.25) is 0 Å². The molecule has 2 fully saturated rings. The van der Waals surface area contributed by atoms with Crippen molar-refractivity contribution >= 4 is 6.09 Å². The minimum atomic E-state index is -0.968. The summed E-state index contributed by atoms with van der Waals surface area (Å²) >= 11 is 0. The van der Waals surface area contributed by atoms with Crippen LogP contribution in [0.5, 0.6) is 0 Å². The quantitative estimate of drug-likeness (QED) is 0.772. The number of carbonyl (C=O) groups excluding carboxylic acids is 1. The van der Waals surface area contributed by atoms with Crippen molar-refractivity contribution in [3.05, 3.63) is 0 Å². The fourth-order valence-corrected chi connectivity index (χ4v) is 3.33. The Morgan fingerprint density at radius 3 is 2.35 bits per heavy atom. The van der Waals surface area contributed by atoms with Gasteiger partial charge in [-0.05, 0) is 40.0 Å². The molecule has 0 aromatic heterocycles. The number of nitrogens with two attached hydrogens (primary N) is 1. The number of rotatable bonds is 1. The first kappa shape index (κ1) is 15.6. The van der Waals surface area contributed by atoms with Gasteiger partial charge < -0.3 is 20.5 Å². The summed E-state index contributed by atoms with van der Waals surface area (Å²) in [5.41, 5.74) is 4.43. The van der Waals surface area contributed by atoms with Crippen LogP contribution in [0.4, 0.5) is 4.79 Å². The molecule has 1 saturated carbocycles. The lowest BCUT2D eigenvalue weighted by atomic mass is 9.70. The maximum absolute atomic E-state index is 12.1. The predicted molar refractivity (Wildman–Crippen MR) is 77.4 cm³/mol. The van der Waals surface area contributed by atoms with Crippen molar-refractivity contribution in [1.82, 2.24) is 4.90 Å². The van der Waals surface area contributed by atoms with E-state index in [9.17, 15) is 9.90 Å². The maximum atomic E-state index is 12.1. The highest BCUT2D eigenvalue weighted by atomic mass is 16.6. The molecule has 2 rings (SSSR count). The maximum Gasteiger partial charge on any atom is 0.410 e. The highest BCUT2D eigenvalue weighted by molar-refractivity contribution is 5.68. The molecule has 5 nitrogen and oxygen atoms in total. The molecule has 20 heavy (non-hydrogen) atoms. The molecule has 1 atom stereocenters. The molecule has 0 aromatic rings. The number of ether oxygens (including phenoxy) is 1. The zero-order chi connectivity index (χ0) is 15.0. The molecular weight excluding hydrogens is 256 g/mol. The third-order valence-electron chi connectivity index (χ3n) is 4.57. The minimum absolute atomic E-state index is 0.290. The molecule has 2 aliphatic rings. The van der Waals surface area contributed by atoms with E-state index in [1.807, 2.05) is 20.8 Å². The van der Waals surface area contributed by atoms with Crippen molar-refractivity contribution in [1.29, 1.82) is 0 Å². The average molecular weight is 284 g/mol. The summed E-state index contributed by atoms with van der Waals surface area (Å²) in [7, 11) is 0. The van der Waals surface area contributed by atoms with E-state index in [0.717, 1.165) is 25.7 Å². The second-order valence-corrected chi connectivity index (χ2v) is 7.40. The molecule has 1 aliphatic heterocycles. The molecule has 3 N–H and O–H groups in total. The highest BCUT2D eigenvalue weighted by Crippen LogP contribution is 2.40. The Morgan fingerprint density at radius 2 is 1.80 bits per heavy atom. The number of carbonyl (C=O) groups is 1. The topological polar surface area (TPSA) is 75.8 Å². The van der Waals surface area contributed by atoms with Crippen LogP contribution < -0.4 is 5.73 Å². The van der Waals surface area contributed by atoms with E-state index >= 15 is 0 Å². The van der Waals surface area contributed by atoms with Crippen LogP contribution in [0.3, 0.4) is 0 Å². The van der Waals surface area contributed by atoms with Gasteiger partial charge in [0.25, 0.3) is 0 Å². The zero-order valence-corrected chi connectivity index (χ0v) is 12.9. The molecule has 0 aromatic carbocycles. The first-order valence-electron chi connectivity index (χ1n) is 7.64. The van der Waals surface area contributed by atoms with Gasteiger partial charge >= 0.3 is 6.09 Å². The Balaban J connectivity index is 2.02. The fourth-order valence-electron chi connectivity index (χ4n) is 3.33. The number of nitrogens with zero attached hydrogens (tertiary/aromatic N) is 1. The van der Waals surface area contributed by atoms with E-state index in [2.05, 4.69) is 0 Å². The van der Waals surface area contributed by atoms with E-state index in [4.69, 9.17) is 10.5 Å². The molecule has 1 heterocycles. The van der Waals surface area contributed by atoms with Crippen molar-refractivity contribution in [2.24, 2.45) is 5.73 Å². The van der Waals surface area contributed by atoms with Gasteiger partial charge in [-0.2, -0.15) is 0 Å². The van der Waals surface area contributed by atoms with Crippen LogP contribution in [0, 0.1) is 0 Å². The Morgan fingerprint density at radius 1 is 1.20 bits per heavy atom. The van der Waals surface area contributed by atoms with E-state index in [1.54, 1.807) is 4.90 Å². The lowest BCUT2D eigenvalue weighted by Gasteiger charge is -2.45. The molecule has 0 spiro atoms. The van der Waals surface area contributed by atoms with Gasteiger partial charge in [-0.25, -0.2) is 4.79 Å². The Kier molecular flexibility index (Phi) is 4.04. The third-order valence-corrected chi connectivity index (χ3v) is 4.57. The van der Waals surface area contributed by atoms with Crippen LogP contribution in [0.15, 0.2) is 0 Å². The average Bonchev–Trinajstić information content (AvgIpc) is 2.73. The number of aliphatic hydroxyl groups is 1. The molecule has 1 aliphatic carbocycles. The molecule has 0 radical (unpaired) electrons. The fraction of sp³-hybridized carbons (Fsp3) is 0.933. The molecular formula is C15H28N2O3. The highest BCUT2D eigenvalue weighted by Gasteiger charge is 2.52. The number of likely N-dealkylation sites (tertiary alicyclic amines) is 1. The van der Waals surface area contributed by atoms with E-state index in [1.165, 1.54) is 6.42 Å². The van der Waals surface area contributed by atoms with Gasteiger partial charge in [0.1, 0.15) is 11.2 Å². The molecule has 0 bridgehead atoms. The van der Waals surface area contributed by atoms with Gasteiger partial charge in [0, 0.05) is 12.1 Å². The van der Waals surface area contributed by atoms with Gasteiger partial charge in [-0.1, -0.05) is 19.3 Å². The summed E-state index contributed by atoms with van der Waals surface area (Å²) in [4.78, 5) is 13.7. The van der Waals surface area contributed by atoms with Crippen molar-refractivity contribution < 1.29 is 14.6 Å². The van der Waals surface area contributed by atoms with Gasteiger partial charge in [-0.15, -0.1) is 0 Å². The van der Waals surface area contributed by atoms with Crippen molar-refractivity contribution in [3.8, 4) is 0 Å². The van der Waals surface area contributed by atoms with Crippen molar-refractivity contribution in [3.63, 3.8) is 0 Å². The van der Waals surface area contributed by atoms with Crippen molar-refractivity contribution in [2.75, 3.05) is 13.1 Å². The lowest BCUT2D eigenvalue weighted by Crippen LogP contribution is -2.62. The third kappa shape index (κ3) is 3.09. The number of amides is 1. The van der Waals surface area contributed by atoms with Crippen LogP contribution >= 0.6 is 0 Å². The summed E-state index contributed by atoms with van der Waals surface area (Å²) < 4.78 is 5.37. The monoisotopic (exact) mass is 284 g/mol. The summed E-state index contributed by atoms with van der Waals surface area (Å²) in [6.45, 7) is 6.35. The lowest BCUT2D eigenvalue weighted by molar-refractivity contribution is -0.0447. The molecule has 116 valence electrons. The Labute approximate surface area is 121 Å². The van der Waals surface area contributed by atoms with Crippen LogP contribution in [0.1, 0.15) is 59.3 Å². The largest absolute Gasteiger partial charge is 0.444 e. The molecule has 5 heteroatoms. The summed E-state index contributed by atoms with van der Waals surface area (Å²) in [6.07, 6.45) is 5.18. The summed E-state index contributed by atoms with van der Waals surface area (Å²) in [5.74, 6) is 0. The van der Waals surface area contributed by atoms with Gasteiger partial charge in [0.05, 0.1) is 6.54 Å². The predicted octanol–water partition coefficient (Wildman–Crippen LogP) is 2.02. The Hall–Kier alpha value is -0.810. The smallest absolute Gasteiger partial charge is 0.410 e. The summed E-state index contributed by atoms with van der Waals surface area (Å²) in [6, 6.07) is 0. The van der Waals surface area contributed by atoms with E-state index in [-0.39, 0.29) is 6.09 Å². The van der Waals surface area contributed by atoms with Gasteiger partial charge in [0.2, 0.25) is 0 Å². The van der Waals surface area contributed by atoms with Crippen LogP contribution in [0.25, 0.3) is 0 Å². The van der Waals surface area contributed by atoms with Crippen LogP contribution in [-0.2, 0) is 4.74 Å². The SMILES string of the molecule is CC(C)(C)OC(=O)N1CCC(O)(C2(N)CCCCC2)C1. The van der Waals surface area contributed by atoms with Crippen LogP contribution in [0.2, 0.25) is 0 Å². The van der Waals surface area contributed by atoms with Crippen LogP contribution in [-0.4, -0.2) is 45.9 Å². The van der Waals surface area contributed by atoms with E-state index < -0.39 is 16.7 Å². The molecule has 1 amide bonds. The second-order valence-electron chi connectivity index (χ2n) is 7.40. The van der Waals surface area contributed by atoms with E-state index in [0.29, 0.717) is 19.5 Å². The second kappa shape index (κ2) is 5.19. The normalized spacial score (nSPS) is 30.4. The summed E-state index contributed by atoms with van der Waals surface area (Å²) in [5, 5.41) is 10.9. The first-order valence-corrected chi connectivity index (χ1v) is 7.64. The standard InChI is InChI=1S/C15H28N2O3/c1-13(2,3)20-12(18)17-10-9-15(19,11-17)14(16)7-5-4-6-8-14/h19H,4-11,16H2,1-3H3.